The Balaban J connectivity index is 1.92. The lowest BCUT2D eigenvalue weighted by molar-refractivity contribution is 0.407. The lowest BCUT2D eigenvalue weighted by Gasteiger charge is -2.16. The van der Waals surface area contributed by atoms with Crippen molar-refractivity contribution in [2.45, 2.75) is 19.4 Å². The maximum atomic E-state index is 9.92. The molecule has 0 radical (unpaired) electrons. The fourth-order valence-corrected chi connectivity index (χ4v) is 2.21. The number of phenolic OH excluding ortho intramolecular Hbond substituents is 2. The average Bonchev–Trinajstić information content (AvgIpc) is 2.49. The molecule has 4 nitrogen and oxygen atoms in total. The first kappa shape index (κ1) is 15.2. The van der Waals surface area contributed by atoms with Crippen molar-refractivity contribution in [2.75, 3.05) is 13.7 Å². The number of benzene rings is 2. The zero-order valence-electron chi connectivity index (χ0n) is 12.3. The molecule has 2 aromatic rings. The minimum absolute atomic E-state index is 0.0252. The standard InChI is InChI=1S/C17H21NO3/c1-12(16-11-15(21-2)7-8-17(16)20)18-10-9-13-3-5-14(19)6-4-13/h3-8,11-12,18-20H,9-10H2,1-2H3. The maximum Gasteiger partial charge on any atom is 0.120 e. The van der Waals surface area contributed by atoms with Gasteiger partial charge in [-0.15, -0.1) is 0 Å². The van der Waals surface area contributed by atoms with Crippen LogP contribution in [0, 0.1) is 0 Å². The topological polar surface area (TPSA) is 61.7 Å². The van der Waals surface area contributed by atoms with E-state index >= 15 is 0 Å². The summed E-state index contributed by atoms with van der Waals surface area (Å²) >= 11 is 0. The van der Waals surface area contributed by atoms with E-state index < -0.39 is 0 Å². The number of nitrogens with one attached hydrogen (secondary N) is 1. The van der Waals surface area contributed by atoms with Gasteiger partial charge in [0.25, 0.3) is 0 Å². The van der Waals surface area contributed by atoms with Crippen molar-refractivity contribution >= 4 is 0 Å². The van der Waals surface area contributed by atoms with Gasteiger partial charge in [-0.1, -0.05) is 12.1 Å². The lowest BCUT2D eigenvalue weighted by atomic mass is 10.1. The molecule has 0 saturated carbocycles. The first-order valence-corrected chi connectivity index (χ1v) is 6.98. The van der Waals surface area contributed by atoms with Gasteiger partial charge in [0, 0.05) is 11.6 Å². The van der Waals surface area contributed by atoms with Gasteiger partial charge in [-0.2, -0.15) is 0 Å². The van der Waals surface area contributed by atoms with Gasteiger partial charge >= 0.3 is 0 Å². The van der Waals surface area contributed by atoms with Gasteiger partial charge in [0.05, 0.1) is 7.11 Å². The molecule has 0 aliphatic carbocycles. The molecule has 0 fully saturated rings. The summed E-state index contributed by atoms with van der Waals surface area (Å²) in [7, 11) is 1.61. The van der Waals surface area contributed by atoms with Gasteiger partial charge in [-0.3, -0.25) is 0 Å². The first-order chi connectivity index (χ1) is 10.1. The fourth-order valence-electron chi connectivity index (χ4n) is 2.21. The van der Waals surface area contributed by atoms with E-state index in [2.05, 4.69) is 5.32 Å². The number of aromatic hydroxyl groups is 2. The van der Waals surface area contributed by atoms with Gasteiger partial charge in [0.15, 0.2) is 0 Å². The number of hydrogen-bond acceptors (Lipinski definition) is 4. The molecule has 0 aromatic heterocycles. The van der Waals surface area contributed by atoms with Crippen molar-refractivity contribution < 1.29 is 14.9 Å². The van der Waals surface area contributed by atoms with Crippen molar-refractivity contribution in [1.29, 1.82) is 0 Å². The molecule has 1 unspecified atom stereocenters. The molecule has 0 saturated heterocycles. The third-order valence-electron chi connectivity index (χ3n) is 3.50. The smallest absolute Gasteiger partial charge is 0.120 e. The van der Waals surface area contributed by atoms with Gasteiger partial charge < -0.3 is 20.3 Å². The van der Waals surface area contributed by atoms with Crippen LogP contribution in [0.15, 0.2) is 42.5 Å². The van der Waals surface area contributed by atoms with Crippen LogP contribution in [0.2, 0.25) is 0 Å². The van der Waals surface area contributed by atoms with Crippen LogP contribution < -0.4 is 10.1 Å². The quantitative estimate of drug-likeness (QED) is 0.764. The van der Waals surface area contributed by atoms with Crippen LogP contribution in [0.4, 0.5) is 0 Å². The van der Waals surface area contributed by atoms with E-state index in [1.165, 1.54) is 0 Å². The lowest BCUT2D eigenvalue weighted by Crippen LogP contribution is -2.21. The van der Waals surface area contributed by atoms with E-state index in [-0.39, 0.29) is 17.5 Å². The van der Waals surface area contributed by atoms with Crippen molar-refractivity contribution in [3.05, 3.63) is 53.6 Å². The summed E-state index contributed by atoms with van der Waals surface area (Å²) in [6.45, 7) is 2.79. The SMILES string of the molecule is COc1ccc(O)c(C(C)NCCc2ccc(O)cc2)c1. The molecule has 4 heteroatoms. The van der Waals surface area contributed by atoms with Crippen molar-refractivity contribution in [3.63, 3.8) is 0 Å². The molecule has 2 aromatic carbocycles. The molecule has 0 aliphatic heterocycles. The third-order valence-corrected chi connectivity index (χ3v) is 3.50. The minimum atomic E-state index is 0.0252. The van der Waals surface area contributed by atoms with Crippen molar-refractivity contribution in [1.82, 2.24) is 5.32 Å². The normalized spacial score (nSPS) is 12.1. The molecule has 0 bridgehead atoms. The third kappa shape index (κ3) is 4.13. The van der Waals surface area contributed by atoms with E-state index in [1.807, 2.05) is 25.1 Å². The zero-order chi connectivity index (χ0) is 15.2. The van der Waals surface area contributed by atoms with Gasteiger partial charge in [0.1, 0.15) is 17.2 Å². The van der Waals surface area contributed by atoms with Crippen LogP contribution in [0.3, 0.4) is 0 Å². The first-order valence-electron chi connectivity index (χ1n) is 6.98. The number of methoxy groups -OCH3 is 1. The summed E-state index contributed by atoms with van der Waals surface area (Å²) in [4.78, 5) is 0. The second-order valence-electron chi connectivity index (χ2n) is 5.02. The van der Waals surface area contributed by atoms with Crippen molar-refractivity contribution in [2.24, 2.45) is 0 Å². The summed E-state index contributed by atoms with van der Waals surface area (Å²) in [5.41, 5.74) is 1.97. The Morgan fingerprint density at radius 3 is 2.48 bits per heavy atom. The van der Waals surface area contributed by atoms with Crippen LogP contribution >= 0.6 is 0 Å². The number of rotatable bonds is 6. The molecule has 112 valence electrons. The van der Waals surface area contributed by atoms with E-state index in [0.717, 1.165) is 29.8 Å². The highest BCUT2D eigenvalue weighted by molar-refractivity contribution is 5.41. The molecule has 2 rings (SSSR count). The number of ether oxygens (including phenoxy) is 1. The van der Waals surface area contributed by atoms with Crippen molar-refractivity contribution in [3.8, 4) is 17.2 Å². The Morgan fingerprint density at radius 1 is 1.10 bits per heavy atom. The molecular formula is C17H21NO3. The molecule has 0 heterocycles. The van der Waals surface area contributed by atoms with Crippen LogP contribution in [-0.4, -0.2) is 23.9 Å². The Kier molecular flexibility index (Phi) is 5.06. The predicted octanol–water partition coefficient (Wildman–Crippen LogP) is 3.00. The highest BCUT2D eigenvalue weighted by Gasteiger charge is 2.11. The van der Waals surface area contributed by atoms with E-state index in [9.17, 15) is 10.2 Å². The minimum Gasteiger partial charge on any atom is -0.508 e. The summed E-state index contributed by atoms with van der Waals surface area (Å²) in [6.07, 6.45) is 0.856. The molecule has 1 atom stereocenters. The van der Waals surface area contributed by atoms with Crippen LogP contribution in [-0.2, 0) is 6.42 Å². The fraction of sp³-hybridized carbons (Fsp3) is 0.294. The molecule has 0 amide bonds. The summed E-state index contributed by atoms with van der Waals surface area (Å²) in [5, 5.41) is 22.5. The summed E-state index contributed by atoms with van der Waals surface area (Å²) in [6, 6.07) is 12.4. The van der Waals surface area contributed by atoms with E-state index in [4.69, 9.17) is 4.74 Å². The van der Waals surface area contributed by atoms with E-state index in [1.54, 1.807) is 31.4 Å². The second-order valence-corrected chi connectivity index (χ2v) is 5.02. The van der Waals surface area contributed by atoms with Gasteiger partial charge in [-0.25, -0.2) is 0 Å². The Bertz CT molecular complexity index is 581. The monoisotopic (exact) mass is 287 g/mol. The highest BCUT2D eigenvalue weighted by Crippen LogP contribution is 2.28. The number of phenols is 2. The second kappa shape index (κ2) is 6.99. The van der Waals surface area contributed by atoms with Crippen LogP contribution in [0.1, 0.15) is 24.1 Å². The average molecular weight is 287 g/mol. The number of hydrogen-bond donors (Lipinski definition) is 3. The van der Waals surface area contributed by atoms with E-state index in [0.29, 0.717) is 0 Å². The Hall–Kier alpha value is -2.20. The Labute approximate surface area is 125 Å². The van der Waals surface area contributed by atoms with Gasteiger partial charge in [-0.05, 0) is 55.8 Å². The maximum absolute atomic E-state index is 9.92. The predicted molar refractivity (Wildman–Crippen MR) is 82.9 cm³/mol. The largest absolute Gasteiger partial charge is 0.508 e. The molecule has 3 N–H and O–H groups in total. The summed E-state index contributed by atoms with van der Waals surface area (Å²) in [5.74, 6) is 1.27. The molecule has 0 aliphatic rings. The molecule has 21 heavy (non-hydrogen) atoms. The summed E-state index contributed by atoms with van der Waals surface area (Å²) < 4.78 is 5.18. The Morgan fingerprint density at radius 2 is 1.81 bits per heavy atom. The van der Waals surface area contributed by atoms with Crippen LogP contribution in [0.25, 0.3) is 0 Å². The molecule has 0 spiro atoms. The molecular weight excluding hydrogens is 266 g/mol. The highest BCUT2D eigenvalue weighted by atomic mass is 16.5. The van der Waals surface area contributed by atoms with Crippen LogP contribution in [0.5, 0.6) is 17.2 Å². The zero-order valence-corrected chi connectivity index (χ0v) is 12.3. The van der Waals surface area contributed by atoms with Gasteiger partial charge in [0.2, 0.25) is 0 Å².